The highest BCUT2D eigenvalue weighted by Crippen LogP contribution is 2.33. The molecule has 0 atom stereocenters. The lowest BCUT2D eigenvalue weighted by molar-refractivity contribution is -0.125. The minimum atomic E-state index is 0.138. The summed E-state index contributed by atoms with van der Waals surface area (Å²) in [5.74, 6) is 0.304. The fraction of sp³-hybridized carbons (Fsp3) is 0.267. The standard InChI is InChI=1S/C30H30N6O/c1-20-16-27-32-18-25-17-26(22-6-4-3-5-7-22)28(33-29(25)36(27)34-20)23-10-8-21(9-11-23)19-35-14-12-24(13-15-35)30(37)31-2/h3-11,16-18,24H,12-15,19H2,1-2H3,(H,31,37). The molecule has 5 aromatic rings. The molecule has 2 aromatic carbocycles. The molecule has 186 valence electrons. The van der Waals surface area contributed by atoms with Crippen molar-refractivity contribution in [3.05, 3.63) is 84.2 Å². The summed E-state index contributed by atoms with van der Waals surface area (Å²) in [6.45, 7) is 4.74. The number of likely N-dealkylation sites (tertiary alicyclic amines) is 1. The quantitative estimate of drug-likeness (QED) is 0.380. The summed E-state index contributed by atoms with van der Waals surface area (Å²) in [6, 6.07) is 23.2. The smallest absolute Gasteiger partial charge is 0.222 e. The number of hydrogen-bond donors (Lipinski definition) is 1. The predicted octanol–water partition coefficient (Wildman–Crippen LogP) is 4.88. The molecule has 0 spiro atoms. The SMILES string of the molecule is CNC(=O)C1CCN(Cc2ccc(-c3nc4c(cnc5cc(C)nn54)cc3-c3ccccc3)cc2)CC1. The van der Waals surface area contributed by atoms with Gasteiger partial charge in [-0.25, -0.2) is 9.97 Å². The minimum absolute atomic E-state index is 0.138. The zero-order chi connectivity index (χ0) is 25.4. The molecule has 1 aliphatic heterocycles. The van der Waals surface area contributed by atoms with E-state index in [-0.39, 0.29) is 11.8 Å². The molecular formula is C30H30N6O. The van der Waals surface area contributed by atoms with Gasteiger partial charge in [-0.05, 0) is 50.0 Å². The molecule has 7 nitrogen and oxygen atoms in total. The van der Waals surface area contributed by atoms with E-state index in [1.54, 1.807) is 7.05 Å². The van der Waals surface area contributed by atoms with Gasteiger partial charge in [0.25, 0.3) is 0 Å². The van der Waals surface area contributed by atoms with Gasteiger partial charge in [-0.3, -0.25) is 9.69 Å². The average molecular weight is 491 g/mol. The number of pyridine rings is 1. The summed E-state index contributed by atoms with van der Waals surface area (Å²) in [6.07, 6.45) is 3.70. The molecule has 3 aromatic heterocycles. The maximum absolute atomic E-state index is 11.9. The predicted molar refractivity (Wildman–Crippen MR) is 146 cm³/mol. The number of fused-ring (bicyclic) bond motifs is 3. The van der Waals surface area contributed by atoms with Crippen LogP contribution in [-0.4, -0.2) is 50.5 Å². The Balaban J connectivity index is 1.33. The number of hydrogen-bond acceptors (Lipinski definition) is 5. The Morgan fingerprint density at radius 2 is 1.76 bits per heavy atom. The second kappa shape index (κ2) is 9.75. The van der Waals surface area contributed by atoms with Crippen molar-refractivity contribution in [1.82, 2.24) is 29.8 Å². The number of carbonyl (C=O) groups is 1. The van der Waals surface area contributed by atoms with E-state index in [1.165, 1.54) is 5.56 Å². The Hall–Kier alpha value is -4.10. The van der Waals surface area contributed by atoms with Gasteiger partial charge in [0.1, 0.15) is 0 Å². The van der Waals surface area contributed by atoms with E-state index >= 15 is 0 Å². The highest BCUT2D eigenvalue weighted by Gasteiger charge is 2.24. The van der Waals surface area contributed by atoms with Crippen molar-refractivity contribution >= 4 is 22.6 Å². The van der Waals surface area contributed by atoms with Crippen molar-refractivity contribution in [2.24, 2.45) is 5.92 Å². The Morgan fingerprint density at radius 3 is 2.49 bits per heavy atom. The molecule has 4 heterocycles. The molecule has 0 bridgehead atoms. The van der Waals surface area contributed by atoms with E-state index in [0.29, 0.717) is 0 Å². The monoisotopic (exact) mass is 490 g/mol. The highest BCUT2D eigenvalue weighted by atomic mass is 16.1. The number of amides is 1. The Bertz CT molecular complexity index is 1570. The number of nitrogens with zero attached hydrogens (tertiary/aromatic N) is 5. The van der Waals surface area contributed by atoms with Gasteiger partial charge in [0.2, 0.25) is 5.91 Å². The first-order valence-corrected chi connectivity index (χ1v) is 12.8. The summed E-state index contributed by atoms with van der Waals surface area (Å²) in [4.78, 5) is 24.1. The Kier molecular flexibility index (Phi) is 6.14. The van der Waals surface area contributed by atoms with Crippen molar-refractivity contribution in [2.75, 3.05) is 20.1 Å². The van der Waals surface area contributed by atoms with Crippen molar-refractivity contribution in [3.63, 3.8) is 0 Å². The number of benzene rings is 2. The largest absolute Gasteiger partial charge is 0.359 e. The number of carbonyl (C=O) groups excluding carboxylic acids is 1. The number of aromatic nitrogens is 4. The van der Waals surface area contributed by atoms with E-state index in [2.05, 4.69) is 74.9 Å². The molecule has 1 amide bonds. The maximum Gasteiger partial charge on any atom is 0.222 e. The number of nitrogens with one attached hydrogen (secondary N) is 1. The lowest BCUT2D eigenvalue weighted by Crippen LogP contribution is -2.39. The van der Waals surface area contributed by atoms with Crippen molar-refractivity contribution in [3.8, 4) is 22.4 Å². The maximum atomic E-state index is 11.9. The lowest BCUT2D eigenvalue weighted by atomic mass is 9.95. The second-order valence-electron chi connectivity index (χ2n) is 9.84. The molecule has 6 rings (SSSR count). The fourth-order valence-corrected chi connectivity index (χ4v) is 5.29. The number of piperidine rings is 1. The Morgan fingerprint density at radius 1 is 1.00 bits per heavy atom. The van der Waals surface area contributed by atoms with Gasteiger partial charge in [0, 0.05) is 48.3 Å². The summed E-state index contributed by atoms with van der Waals surface area (Å²) in [7, 11) is 1.72. The van der Waals surface area contributed by atoms with Crippen molar-refractivity contribution in [1.29, 1.82) is 0 Å². The van der Waals surface area contributed by atoms with Gasteiger partial charge in [-0.1, -0.05) is 54.6 Å². The molecule has 0 saturated carbocycles. The van der Waals surface area contributed by atoms with Gasteiger partial charge < -0.3 is 5.32 Å². The van der Waals surface area contributed by atoms with E-state index in [1.807, 2.05) is 29.8 Å². The number of rotatable bonds is 5. The average Bonchev–Trinajstić information content (AvgIpc) is 3.34. The zero-order valence-electron chi connectivity index (χ0n) is 21.2. The van der Waals surface area contributed by atoms with E-state index in [4.69, 9.17) is 4.98 Å². The third kappa shape index (κ3) is 4.58. The first-order valence-electron chi connectivity index (χ1n) is 12.8. The Labute approximate surface area is 216 Å². The van der Waals surface area contributed by atoms with Crippen LogP contribution in [0.3, 0.4) is 0 Å². The van der Waals surface area contributed by atoms with Crippen LogP contribution in [-0.2, 0) is 11.3 Å². The highest BCUT2D eigenvalue weighted by molar-refractivity contribution is 5.90. The molecule has 7 heteroatoms. The number of aryl methyl sites for hydroxylation is 1. The summed E-state index contributed by atoms with van der Waals surface area (Å²) >= 11 is 0. The van der Waals surface area contributed by atoms with Crippen molar-refractivity contribution in [2.45, 2.75) is 26.3 Å². The molecule has 0 radical (unpaired) electrons. The van der Waals surface area contributed by atoms with E-state index in [9.17, 15) is 4.79 Å². The zero-order valence-corrected chi connectivity index (χ0v) is 21.2. The third-order valence-corrected chi connectivity index (χ3v) is 7.30. The van der Waals surface area contributed by atoms with Gasteiger partial charge in [-0.15, -0.1) is 0 Å². The molecule has 1 fully saturated rings. The molecule has 1 saturated heterocycles. The summed E-state index contributed by atoms with van der Waals surface area (Å²) in [5.41, 5.74) is 7.96. The van der Waals surface area contributed by atoms with Crippen LogP contribution in [0.25, 0.3) is 39.1 Å². The van der Waals surface area contributed by atoms with Crippen LogP contribution in [0.5, 0.6) is 0 Å². The molecule has 37 heavy (non-hydrogen) atoms. The van der Waals surface area contributed by atoms with Crippen LogP contribution < -0.4 is 5.32 Å². The lowest BCUT2D eigenvalue weighted by Gasteiger charge is -2.31. The van der Waals surface area contributed by atoms with Gasteiger partial charge in [-0.2, -0.15) is 9.61 Å². The van der Waals surface area contributed by atoms with Gasteiger partial charge >= 0.3 is 0 Å². The molecule has 0 aliphatic carbocycles. The molecule has 1 N–H and O–H groups in total. The van der Waals surface area contributed by atoms with Gasteiger partial charge in [0.15, 0.2) is 11.3 Å². The molecular weight excluding hydrogens is 460 g/mol. The summed E-state index contributed by atoms with van der Waals surface area (Å²) in [5, 5.41) is 8.38. The molecule has 0 unspecified atom stereocenters. The van der Waals surface area contributed by atoms with Gasteiger partial charge in [0.05, 0.1) is 11.4 Å². The van der Waals surface area contributed by atoms with E-state index < -0.39 is 0 Å². The van der Waals surface area contributed by atoms with Crippen LogP contribution in [0.2, 0.25) is 0 Å². The normalized spacial score (nSPS) is 14.9. The summed E-state index contributed by atoms with van der Waals surface area (Å²) < 4.78 is 1.83. The first kappa shape index (κ1) is 23.3. The van der Waals surface area contributed by atoms with Crippen molar-refractivity contribution < 1.29 is 4.79 Å². The second-order valence-corrected chi connectivity index (χ2v) is 9.84. The molecule has 1 aliphatic rings. The van der Waals surface area contributed by atoms with Crippen LogP contribution in [0.1, 0.15) is 24.1 Å². The van der Waals surface area contributed by atoms with Crippen LogP contribution in [0.15, 0.2) is 72.9 Å². The van der Waals surface area contributed by atoms with E-state index in [0.717, 1.165) is 77.2 Å². The van der Waals surface area contributed by atoms with Crippen LogP contribution in [0, 0.1) is 12.8 Å². The topological polar surface area (TPSA) is 75.4 Å². The van der Waals surface area contributed by atoms with Crippen LogP contribution >= 0.6 is 0 Å². The fourth-order valence-electron chi connectivity index (χ4n) is 5.29. The first-order chi connectivity index (χ1) is 18.1. The third-order valence-electron chi connectivity index (χ3n) is 7.30. The minimum Gasteiger partial charge on any atom is -0.359 e. The van der Waals surface area contributed by atoms with Crippen LogP contribution in [0.4, 0.5) is 0 Å².